The molecular formula is C19H21N3O8. The van der Waals surface area contributed by atoms with Crippen LogP contribution >= 0.6 is 0 Å². The van der Waals surface area contributed by atoms with Crippen LogP contribution in [0.1, 0.15) is 24.6 Å². The zero-order valence-corrected chi connectivity index (χ0v) is 15.8. The second-order valence-electron chi connectivity index (χ2n) is 7.07. The summed E-state index contributed by atoms with van der Waals surface area (Å²) in [6.07, 6.45) is -3.30. The third-order valence-electron chi connectivity index (χ3n) is 5.05. The van der Waals surface area contributed by atoms with Crippen LogP contribution in [0.25, 0.3) is 0 Å². The van der Waals surface area contributed by atoms with Crippen molar-refractivity contribution in [2.75, 3.05) is 6.79 Å². The van der Waals surface area contributed by atoms with Gasteiger partial charge in [0.05, 0.1) is 6.10 Å². The minimum absolute atomic E-state index is 0.0479. The number of ether oxygens (including phenoxy) is 3. The number of aliphatic hydroxyl groups is 2. The third-order valence-corrected chi connectivity index (χ3v) is 5.05. The molecule has 1 saturated heterocycles. The van der Waals surface area contributed by atoms with Crippen molar-refractivity contribution in [3.63, 3.8) is 0 Å². The van der Waals surface area contributed by atoms with E-state index < -0.39 is 35.8 Å². The van der Waals surface area contributed by atoms with E-state index in [1.54, 1.807) is 12.1 Å². The van der Waals surface area contributed by atoms with Gasteiger partial charge in [-0.25, -0.2) is 4.79 Å². The third kappa shape index (κ3) is 4.08. The minimum Gasteiger partial charge on any atom is -0.454 e. The summed E-state index contributed by atoms with van der Waals surface area (Å²) in [4.78, 5) is 37.3. The van der Waals surface area contributed by atoms with E-state index in [-0.39, 0.29) is 25.5 Å². The van der Waals surface area contributed by atoms with Gasteiger partial charge in [0.1, 0.15) is 12.2 Å². The Balaban J connectivity index is 1.30. The van der Waals surface area contributed by atoms with Crippen molar-refractivity contribution in [2.24, 2.45) is 0 Å². The summed E-state index contributed by atoms with van der Waals surface area (Å²) in [6, 6.07) is 6.49. The van der Waals surface area contributed by atoms with Crippen LogP contribution < -0.4 is 26.0 Å². The number of fused-ring (bicyclic) bond motifs is 1. The molecule has 11 heteroatoms. The molecule has 0 radical (unpaired) electrons. The molecule has 2 aromatic rings. The fourth-order valence-electron chi connectivity index (χ4n) is 3.44. The number of rotatable bonds is 6. The number of hydrogen-bond donors (Lipinski definition) is 4. The van der Waals surface area contributed by atoms with Gasteiger partial charge >= 0.3 is 5.69 Å². The molecule has 2 aliphatic rings. The molecule has 0 saturated carbocycles. The van der Waals surface area contributed by atoms with Gasteiger partial charge in [-0.2, -0.15) is 0 Å². The molecule has 1 aromatic carbocycles. The van der Waals surface area contributed by atoms with E-state index in [1.165, 1.54) is 6.20 Å². The SMILES string of the molecule is O=C(CC[C@H]1O[C@@H](n2ccc(=O)[nH]c2=O)[C@H](O)[C@@H]1O)NCc1ccc2c(c1)OCO2. The van der Waals surface area contributed by atoms with Gasteiger partial charge in [-0.05, 0) is 24.1 Å². The topological polar surface area (TPSA) is 152 Å². The maximum Gasteiger partial charge on any atom is 0.330 e. The van der Waals surface area contributed by atoms with Crippen LogP contribution in [0.3, 0.4) is 0 Å². The molecule has 3 heterocycles. The summed E-state index contributed by atoms with van der Waals surface area (Å²) in [5.74, 6) is 1.02. The standard InChI is InChI=1S/C19H21N3O8/c23-14(20-8-10-1-2-11-13(7-10)29-9-28-11)4-3-12-16(25)17(26)18(30-12)22-6-5-15(24)21-19(22)27/h1-2,5-7,12,16-18,25-26H,3-4,8-9H2,(H,20,23)(H,21,24,27)/t12-,16-,17-,18-/m1/s1. The Morgan fingerprint density at radius 2 is 1.97 bits per heavy atom. The first-order valence-electron chi connectivity index (χ1n) is 9.40. The van der Waals surface area contributed by atoms with Gasteiger partial charge in [0.25, 0.3) is 5.56 Å². The highest BCUT2D eigenvalue weighted by Crippen LogP contribution is 2.32. The predicted octanol–water partition coefficient (Wildman–Crippen LogP) is -1.02. The number of carbonyl (C=O) groups excluding carboxylic acids is 1. The summed E-state index contributed by atoms with van der Waals surface area (Å²) in [5, 5.41) is 23.2. The average Bonchev–Trinajstić information content (AvgIpc) is 3.30. The molecule has 4 atom stereocenters. The zero-order chi connectivity index (χ0) is 21.3. The van der Waals surface area contributed by atoms with Gasteiger partial charge in [-0.3, -0.25) is 19.1 Å². The Labute approximate surface area is 169 Å². The molecule has 0 aliphatic carbocycles. The first-order chi connectivity index (χ1) is 14.4. The number of nitrogens with one attached hydrogen (secondary N) is 2. The lowest BCUT2D eigenvalue weighted by molar-refractivity contribution is -0.122. The van der Waals surface area contributed by atoms with Crippen LogP contribution in [0.15, 0.2) is 40.1 Å². The molecule has 2 aliphatic heterocycles. The Kier molecular flexibility index (Phi) is 5.57. The number of H-pyrrole nitrogens is 1. The van der Waals surface area contributed by atoms with Gasteiger partial charge in [0, 0.05) is 25.2 Å². The van der Waals surface area contributed by atoms with Gasteiger partial charge in [-0.1, -0.05) is 6.07 Å². The fraction of sp³-hybridized carbons (Fsp3) is 0.421. The van der Waals surface area contributed by atoms with E-state index in [9.17, 15) is 24.6 Å². The summed E-state index contributed by atoms with van der Waals surface area (Å²) >= 11 is 0. The predicted molar refractivity (Wildman–Crippen MR) is 101 cm³/mol. The molecule has 0 bridgehead atoms. The number of carbonyl (C=O) groups is 1. The Morgan fingerprint density at radius 3 is 2.77 bits per heavy atom. The maximum atomic E-state index is 12.2. The molecular weight excluding hydrogens is 398 g/mol. The van der Waals surface area contributed by atoms with E-state index in [0.717, 1.165) is 16.2 Å². The van der Waals surface area contributed by atoms with Crippen molar-refractivity contribution in [3.05, 3.63) is 56.9 Å². The summed E-state index contributed by atoms with van der Waals surface area (Å²) in [6.45, 7) is 0.467. The van der Waals surface area contributed by atoms with E-state index in [4.69, 9.17) is 14.2 Å². The van der Waals surface area contributed by atoms with E-state index in [1.807, 2.05) is 6.07 Å². The lowest BCUT2D eigenvalue weighted by atomic mass is 10.1. The Bertz CT molecular complexity index is 1050. The monoisotopic (exact) mass is 419 g/mol. The quantitative estimate of drug-likeness (QED) is 0.464. The number of aromatic nitrogens is 2. The van der Waals surface area contributed by atoms with E-state index in [2.05, 4.69) is 10.3 Å². The van der Waals surface area contributed by atoms with Crippen LogP contribution in [0.5, 0.6) is 11.5 Å². The molecule has 30 heavy (non-hydrogen) atoms. The van der Waals surface area contributed by atoms with Crippen LogP contribution in [0.2, 0.25) is 0 Å². The lowest BCUT2D eigenvalue weighted by Gasteiger charge is -2.16. The normalized spacial score (nSPS) is 24.7. The molecule has 0 spiro atoms. The average molecular weight is 419 g/mol. The Morgan fingerprint density at radius 1 is 1.17 bits per heavy atom. The second kappa shape index (κ2) is 8.30. The minimum atomic E-state index is -1.38. The van der Waals surface area contributed by atoms with Crippen molar-refractivity contribution < 1.29 is 29.2 Å². The number of aromatic amines is 1. The first-order valence-corrected chi connectivity index (χ1v) is 9.40. The highest BCUT2D eigenvalue weighted by atomic mass is 16.7. The highest BCUT2D eigenvalue weighted by molar-refractivity contribution is 5.75. The van der Waals surface area contributed by atoms with Crippen molar-refractivity contribution in [3.8, 4) is 11.5 Å². The lowest BCUT2D eigenvalue weighted by Crippen LogP contribution is -2.37. The van der Waals surface area contributed by atoms with Gasteiger partial charge in [0.2, 0.25) is 12.7 Å². The molecule has 4 N–H and O–H groups in total. The number of aliphatic hydroxyl groups excluding tert-OH is 2. The fourth-order valence-corrected chi connectivity index (χ4v) is 3.44. The van der Waals surface area contributed by atoms with E-state index >= 15 is 0 Å². The highest BCUT2D eigenvalue weighted by Gasteiger charge is 2.43. The molecule has 160 valence electrons. The molecule has 11 nitrogen and oxygen atoms in total. The Hall–Kier alpha value is -3.15. The van der Waals surface area contributed by atoms with Crippen molar-refractivity contribution in [2.45, 2.75) is 43.9 Å². The molecule has 4 rings (SSSR count). The molecule has 1 amide bonds. The van der Waals surface area contributed by atoms with Crippen molar-refractivity contribution >= 4 is 5.91 Å². The maximum absolute atomic E-state index is 12.2. The van der Waals surface area contributed by atoms with Crippen LogP contribution in [-0.4, -0.2) is 50.8 Å². The summed E-state index contributed by atoms with van der Waals surface area (Å²) in [5.41, 5.74) is -0.501. The number of hydrogen-bond acceptors (Lipinski definition) is 8. The van der Waals surface area contributed by atoms with Crippen LogP contribution in [-0.2, 0) is 16.1 Å². The van der Waals surface area contributed by atoms with E-state index in [0.29, 0.717) is 18.0 Å². The number of benzene rings is 1. The summed E-state index contributed by atoms with van der Waals surface area (Å²) < 4.78 is 17.1. The number of amides is 1. The van der Waals surface area contributed by atoms with Gasteiger partial charge in [0.15, 0.2) is 17.7 Å². The van der Waals surface area contributed by atoms with Crippen LogP contribution in [0, 0.1) is 0 Å². The largest absolute Gasteiger partial charge is 0.454 e. The molecule has 0 unspecified atom stereocenters. The second-order valence-corrected chi connectivity index (χ2v) is 7.07. The van der Waals surface area contributed by atoms with Crippen LogP contribution in [0.4, 0.5) is 0 Å². The van der Waals surface area contributed by atoms with Crippen molar-refractivity contribution in [1.82, 2.24) is 14.9 Å². The zero-order valence-electron chi connectivity index (χ0n) is 15.8. The van der Waals surface area contributed by atoms with Gasteiger partial charge in [-0.15, -0.1) is 0 Å². The molecule has 1 fully saturated rings. The first kappa shape index (κ1) is 20.1. The van der Waals surface area contributed by atoms with Crippen molar-refractivity contribution in [1.29, 1.82) is 0 Å². The number of nitrogens with zero attached hydrogens (tertiary/aromatic N) is 1. The van der Waals surface area contributed by atoms with Gasteiger partial charge < -0.3 is 29.7 Å². The molecule has 1 aromatic heterocycles. The summed E-state index contributed by atoms with van der Waals surface area (Å²) in [7, 11) is 0. The smallest absolute Gasteiger partial charge is 0.330 e.